The summed E-state index contributed by atoms with van der Waals surface area (Å²) < 4.78 is 5.67. The zero-order chi connectivity index (χ0) is 14.5. The van der Waals surface area contributed by atoms with Crippen molar-refractivity contribution in [1.29, 1.82) is 5.26 Å². The van der Waals surface area contributed by atoms with Gasteiger partial charge in [-0.15, -0.1) is 0 Å². The summed E-state index contributed by atoms with van der Waals surface area (Å²) in [6.07, 6.45) is 1.09. The molecular weight excluding hydrogens is 256 g/mol. The molecule has 1 aliphatic heterocycles. The normalized spacial score (nSPS) is 21.2. The monoisotopic (exact) mass is 274 g/mol. The lowest BCUT2D eigenvalue weighted by Crippen LogP contribution is -2.40. The number of benzene rings is 1. The van der Waals surface area contributed by atoms with E-state index in [4.69, 9.17) is 15.8 Å². The number of rotatable bonds is 4. The molecule has 0 aliphatic carbocycles. The summed E-state index contributed by atoms with van der Waals surface area (Å²) in [6, 6.07) is 9.46. The van der Waals surface area contributed by atoms with E-state index in [-0.39, 0.29) is 12.0 Å². The molecule has 1 fully saturated rings. The number of carbonyl (C=O) groups is 1. The largest absolute Gasteiger partial charge is 0.372 e. The predicted octanol–water partition coefficient (Wildman–Crippen LogP) is 0.532. The molecule has 0 bridgehead atoms. The second-order valence-corrected chi connectivity index (χ2v) is 4.87. The minimum absolute atomic E-state index is 0.0120. The van der Waals surface area contributed by atoms with Crippen LogP contribution < -0.4 is 16.2 Å². The van der Waals surface area contributed by atoms with Crippen molar-refractivity contribution in [1.82, 2.24) is 5.43 Å². The van der Waals surface area contributed by atoms with E-state index in [1.807, 2.05) is 19.2 Å². The lowest BCUT2D eigenvalue weighted by atomic mass is 10.1. The first-order chi connectivity index (χ1) is 9.63. The standard InChI is InChI=1S/C14H18N4O2/c1-18(11-4-2-10(8-15)3-5-11)9-12-6-7-13(20-12)14(19)17-16/h2-5,12-13H,6-7,9,16H2,1H3,(H,17,19). The van der Waals surface area contributed by atoms with Crippen LogP contribution in [0.5, 0.6) is 0 Å². The second-order valence-electron chi connectivity index (χ2n) is 4.87. The van der Waals surface area contributed by atoms with E-state index in [0.29, 0.717) is 18.5 Å². The van der Waals surface area contributed by atoms with Crippen molar-refractivity contribution >= 4 is 11.6 Å². The van der Waals surface area contributed by atoms with Crippen molar-refractivity contribution in [3.8, 4) is 6.07 Å². The SMILES string of the molecule is CN(CC1CCC(C(=O)NN)O1)c1ccc(C#N)cc1. The van der Waals surface area contributed by atoms with E-state index in [2.05, 4.69) is 16.4 Å². The summed E-state index contributed by atoms with van der Waals surface area (Å²) in [5.41, 5.74) is 3.77. The molecule has 1 amide bonds. The van der Waals surface area contributed by atoms with Gasteiger partial charge < -0.3 is 9.64 Å². The summed E-state index contributed by atoms with van der Waals surface area (Å²) in [7, 11) is 1.96. The van der Waals surface area contributed by atoms with Crippen molar-refractivity contribution < 1.29 is 9.53 Å². The van der Waals surface area contributed by atoms with Gasteiger partial charge in [0.2, 0.25) is 0 Å². The molecule has 106 valence electrons. The number of hydrogen-bond acceptors (Lipinski definition) is 5. The Bertz CT molecular complexity index is 509. The van der Waals surface area contributed by atoms with Gasteiger partial charge in [-0.2, -0.15) is 5.26 Å². The topological polar surface area (TPSA) is 91.4 Å². The fourth-order valence-corrected chi connectivity index (χ4v) is 2.33. The number of hydrogen-bond donors (Lipinski definition) is 2. The van der Waals surface area contributed by atoms with E-state index < -0.39 is 6.10 Å². The van der Waals surface area contributed by atoms with Gasteiger partial charge in [0.15, 0.2) is 0 Å². The fourth-order valence-electron chi connectivity index (χ4n) is 2.33. The number of anilines is 1. The summed E-state index contributed by atoms with van der Waals surface area (Å²) in [6.45, 7) is 0.695. The van der Waals surface area contributed by atoms with Crippen LogP contribution in [-0.2, 0) is 9.53 Å². The van der Waals surface area contributed by atoms with Crippen molar-refractivity contribution in [3.05, 3.63) is 29.8 Å². The predicted molar refractivity (Wildman–Crippen MR) is 74.7 cm³/mol. The molecule has 0 aromatic heterocycles. The Morgan fingerprint density at radius 2 is 2.20 bits per heavy atom. The highest BCUT2D eigenvalue weighted by Crippen LogP contribution is 2.22. The molecule has 0 spiro atoms. The molecule has 1 aromatic carbocycles. The van der Waals surface area contributed by atoms with Gasteiger partial charge >= 0.3 is 0 Å². The van der Waals surface area contributed by atoms with Crippen molar-refractivity contribution in [2.24, 2.45) is 5.84 Å². The Morgan fingerprint density at radius 1 is 1.50 bits per heavy atom. The highest BCUT2D eigenvalue weighted by molar-refractivity contribution is 5.80. The van der Waals surface area contributed by atoms with Gasteiger partial charge in [0.25, 0.3) is 5.91 Å². The summed E-state index contributed by atoms with van der Waals surface area (Å²) >= 11 is 0. The third kappa shape index (κ3) is 3.26. The first-order valence-electron chi connectivity index (χ1n) is 6.51. The Balaban J connectivity index is 1.90. The maximum Gasteiger partial charge on any atom is 0.263 e. The number of nitriles is 1. The van der Waals surface area contributed by atoms with Crippen LogP contribution in [-0.4, -0.2) is 31.7 Å². The van der Waals surface area contributed by atoms with Gasteiger partial charge in [-0.05, 0) is 37.1 Å². The van der Waals surface area contributed by atoms with Crippen LogP contribution in [0.1, 0.15) is 18.4 Å². The first kappa shape index (κ1) is 14.3. The molecule has 1 aromatic rings. The van der Waals surface area contributed by atoms with Gasteiger partial charge in [0.1, 0.15) is 6.10 Å². The van der Waals surface area contributed by atoms with Gasteiger partial charge in [-0.1, -0.05) is 0 Å². The van der Waals surface area contributed by atoms with Crippen LogP contribution in [0.15, 0.2) is 24.3 Å². The second kappa shape index (κ2) is 6.37. The lowest BCUT2D eigenvalue weighted by Gasteiger charge is -2.23. The molecule has 0 saturated carbocycles. The molecule has 2 atom stereocenters. The third-order valence-electron chi connectivity index (χ3n) is 3.46. The number of amides is 1. The maximum absolute atomic E-state index is 11.4. The molecule has 6 heteroatoms. The van der Waals surface area contributed by atoms with Crippen molar-refractivity contribution in [3.63, 3.8) is 0 Å². The van der Waals surface area contributed by atoms with E-state index in [0.717, 1.165) is 12.1 Å². The first-order valence-corrected chi connectivity index (χ1v) is 6.51. The molecule has 2 rings (SSSR count). The van der Waals surface area contributed by atoms with Crippen LogP contribution in [0.3, 0.4) is 0 Å². The number of ether oxygens (including phenoxy) is 1. The quantitative estimate of drug-likeness (QED) is 0.475. The lowest BCUT2D eigenvalue weighted by molar-refractivity contribution is -0.131. The molecule has 20 heavy (non-hydrogen) atoms. The number of carbonyl (C=O) groups excluding carboxylic acids is 1. The summed E-state index contributed by atoms with van der Waals surface area (Å²) in [5, 5.41) is 8.77. The van der Waals surface area contributed by atoms with Crippen LogP contribution in [0.4, 0.5) is 5.69 Å². The molecule has 2 unspecified atom stereocenters. The zero-order valence-corrected chi connectivity index (χ0v) is 11.4. The highest BCUT2D eigenvalue weighted by atomic mass is 16.5. The van der Waals surface area contributed by atoms with Crippen LogP contribution in [0, 0.1) is 11.3 Å². The Labute approximate surface area is 118 Å². The smallest absolute Gasteiger partial charge is 0.263 e. The van der Waals surface area contributed by atoms with Gasteiger partial charge in [-0.3, -0.25) is 10.2 Å². The fraction of sp³-hybridized carbons (Fsp3) is 0.429. The number of nitrogens with zero attached hydrogens (tertiary/aromatic N) is 2. The number of likely N-dealkylation sites (N-methyl/N-ethyl adjacent to an activating group) is 1. The van der Waals surface area contributed by atoms with Gasteiger partial charge in [0.05, 0.1) is 17.7 Å². The highest BCUT2D eigenvalue weighted by Gasteiger charge is 2.30. The summed E-state index contributed by atoms with van der Waals surface area (Å²) in [5.74, 6) is 4.83. The minimum Gasteiger partial charge on any atom is -0.372 e. The molecule has 1 aliphatic rings. The third-order valence-corrected chi connectivity index (χ3v) is 3.46. The molecule has 1 heterocycles. The Hall–Kier alpha value is -2.10. The molecule has 1 saturated heterocycles. The molecule has 6 nitrogen and oxygen atoms in total. The summed E-state index contributed by atoms with van der Waals surface area (Å²) in [4.78, 5) is 13.4. The zero-order valence-electron chi connectivity index (χ0n) is 11.4. The number of hydrazine groups is 1. The Kier molecular flexibility index (Phi) is 4.56. The molecule has 3 N–H and O–H groups in total. The van der Waals surface area contributed by atoms with Crippen LogP contribution in [0.2, 0.25) is 0 Å². The molecular formula is C14H18N4O2. The maximum atomic E-state index is 11.4. The van der Waals surface area contributed by atoms with E-state index in [1.165, 1.54) is 0 Å². The van der Waals surface area contributed by atoms with Crippen LogP contribution in [0.25, 0.3) is 0 Å². The number of nitrogens with one attached hydrogen (secondary N) is 1. The average molecular weight is 274 g/mol. The Morgan fingerprint density at radius 3 is 2.80 bits per heavy atom. The average Bonchev–Trinajstić information content (AvgIpc) is 2.95. The van der Waals surface area contributed by atoms with Gasteiger partial charge in [-0.25, -0.2) is 5.84 Å². The van der Waals surface area contributed by atoms with E-state index in [9.17, 15) is 4.79 Å². The van der Waals surface area contributed by atoms with E-state index in [1.54, 1.807) is 12.1 Å². The van der Waals surface area contributed by atoms with Crippen LogP contribution >= 0.6 is 0 Å². The van der Waals surface area contributed by atoms with Crippen molar-refractivity contribution in [2.75, 3.05) is 18.5 Å². The van der Waals surface area contributed by atoms with E-state index >= 15 is 0 Å². The molecule has 0 radical (unpaired) electrons. The van der Waals surface area contributed by atoms with Gasteiger partial charge in [0, 0.05) is 19.3 Å². The number of nitrogens with two attached hydrogens (primary N) is 1. The minimum atomic E-state index is -0.445. The van der Waals surface area contributed by atoms with Crippen molar-refractivity contribution in [2.45, 2.75) is 25.0 Å².